The molecule has 21 heavy (non-hydrogen) atoms. The molecule has 0 aliphatic carbocycles. The molecule has 3 rings (SSSR count). The summed E-state index contributed by atoms with van der Waals surface area (Å²) in [7, 11) is 3.57. The zero-order valence-corrected chi connectivity index (χ0v) is 12.5. The summed E-state index contributed by atoms with van der Waals surface area (Å²) < 4.78 is 3.30. The van der Waals surface area contributed by atoms with Gasteiger partial charge in [0, 0.05) is 14.1 Å². The Hall–Kier alpha value is -2.33. The number of hydrogen-bond donors (Lipinski definition) is 1. The second kappa shape index (κ2) is 4.90. The minimum atomic E-state index is -0.190. The number of nitrogens with zero attached hydrogens (tertiary/aromatic N) is 2. The molecule has 0 radical (unpaired) electrons. The molecule has 2 N–H and O–H groups in total. The number of rotatable bonds is 2. The Morgan fingerprint density at radius 1 is 0.905 bits per heavy atom. The third-order valence-electron chi connectivity index (χ3n) is 4.09. The zero-order chi connectivity index (χ0) is 15.1. The van der Waals surface area contributed by atoms with Crippen molar-refractivity contribution < 1.29 is 0 Å². The molecule has 0 fully saturated rings. The van der Waals surface area contributed by atoms with Crippen molar-refractivity contribution in [2.75, 3.05) is 0 Å². The maximum atomic E-state index is 12.0. The monoisotopic (exact) mass is 281 g/mol. The van der Waals surface area contributed by atoms with E-state index in [9.17, 15) is 4.79 Å². The van der Waals surface area contributed by atoms with Gasteiger partial charge in [-0.1, -0.05) is 35.9 Å². The van der Waals surface area contributed by atoms with Crippen LogP contribution < -0.4 is 11.4 Å². The van der Waals surface area contributed by atoms with E-state index in [2.05, 4.69) is 19.1 Å². The second-order valence-electron chi connectivity index (χ2n) is 5.54. The fourth-order valence-corrected chi connectivity index (χ4v) is 2.68. The van der Waals surface area contributed by atoms with E-state index < -0.39 is 0 Å². The van der Waals surface area contributed by atoms with Gasteiger partial charge in [0.25, 0.3) is 0 Å². The fourth-order valence-electron chi connectivity index (χ4n) is 2.68. The van der Waals surface area contributed by atoms with Gasteiger partial charge in [-0.2, -0.15) is 0 Å². The van der Waals surface area contributed by atoms with E-state index in [1.807, 2.05) is 30.3 Å². The first-order chi connectivity index (χ1) is 9.99. The molecule has 1 unspecified atom stereocenters. The van der Waals surface area contributed by atoms with Crippen molar-refractivity contribution >= 4 is 11.0 Å². The predicted molar refractivity (Wildman–Crippen MR) is 85.4 cm³/mol. The molecule has 0 aliphatic heterocycles. The Morgan fingerprint density at radius 2 is 1.48 bits per heavy atom. The lowest BCUT2D eigenvalue weighted by Crippen LogP contribution is -2.19. The van der Waals surface area contributed by atoms with Crippen molar-refractivity contribution in [2.24, 2.45) is 19.8 Å². The van der Waals surface area contributed by atoms with Gasteiger partial charge in [-0.25, -0.2) is 4.79 Å². The van der Waals surface area contributed by atoms with Crippen LogP contribution in [0.15, 0.2) is 47.3 Å². The van der Waals surface area contributed by atoms with E-state index in [-0.39, 0.29) is 11.7 Å². The number of nitrogens with two attached hydrogens (primary N) is 1. The van der Waals surface area contributed by atoms with Crippen LogP contribution in [0.2, 0.25) is 0 Å². The van der Waals surface area contributed by atoms with Crippen molar-refractivity contribution in [1.82, 2.24) is 9.13 Å². The normalized spacial score (nSPS) is 12.8. The molecule has 0 saturated heterocycles. The Kier molecular flexibility index (Phi) is 3.18. The van der Waals surface area contributed by atoms with Crippen molar-refractivity contribution in [3.8, 4) is 0 Å². The highest BCUT2D eigenvalue weighted by molar-refractivity contribution is 5.77. The third kappa shape index (κ3) is 2.17. The van der Waals surface area contributed by atoms with Gasteiger partial charge in [0.2, 0.25) is 0 Å². The summed E-state index contributed by atoms with van der Waals surface area (Å²) in [6.45, 7) is 2.06. The largest absolute Gasteiger partial charge is 0.328 e. The SMILES string of the molecule is Cc1ccc(C(N)c2ccc3c(c2)n(C)c(=O)n3C)cc1. The lowest BCUT2D eigenvalue weighted by Gasteiger charge is -2.13. The van der Waals surface area contributed by atoms with Crippen LogP contribution in [0.25, 0.3) is 11.0 Å². The summed E-state index contributed by atoms with van der Waals surface area (Å²) in [6.07, 6.45) is 0. The summed E-state index contributed by atoms with van der Waals surface area (Å²) in [5.41, 5.74) is 11.5. The summed E-state index contributed by atoms with van der Waals surface area (Å²) in [6, 6.07) is 14.0. The van der Waals surface area contributed by atoms with E-state index in [4.69, 9.17) is 5.73 Å². The number of benzene rings is 2. The van der Waals surface area contributed by atoms with Crippen molar-refractivity contribution in [2.45, 2.75) is 13.0 Å². The van der Waals surface area contributed by atoms with Gasteiger partial charge in [-0.05, 0) is 30.2 Å². The first-order valence-corrected chi connectivity index (χ1v) is 6.96. The summed E-state index contributed by atoms with van der Waals surface area (Å²) in [4.78, 5) is 12.0. The molecule has 0 aliphatic rings. The molecular weight excluding hydrogens is 262 g/mol. The van der Waals surface area contributed by atoms with Crippen LogP contribution in [0, 0.1) is 6.92 Å². The molecule has 0 amide bonds. The lowest BCUT2D eigenvalue weighted by atomic mass is 9.98. The Balaban J connectivity index is 2.10. The van der Waals surface area contributed by atoms with Crippen LogP contribution in [0.5, 0.6) is 0 Å². The minimum Gasteiger partial charge on any atom is -0.320 e. The fraction of sp³-hybridized carbons (Fsp3) is 0.235. The predicted octanol–water partition coefficient (Wildman–Crippen LogP) is 2.23. The first kappa shape index (κ1) is 13.6. The van der Waals surface area contributed by atoms with Gasteiger partial charge >= 0.3 is 5.69 Å². The van der Waals surface area contributed by atoms with Crippen LogP contribution in [-0.2, 0) is 14.1 Å². The Labute approximate surface area is 123 Å². The summed E-state index contributed by atoms with van der Waals surface area (Å²) in [5, 5.41) is 0. The van der Waals surface area contributed by atoms with E-state index >= 15 is 0 Å². The summed E-state index contributed by atoms with van der Waals surface area (Å²) in [5.74, 6) is 0. The van der Waals surface area contributed by atoms with E-state index in [1.54, 1.807) is 23.2 Å². The molecule has 108 valence electrons. The number of imidazole rings is 1. The minimum absolute atomic E-state index is 0.0222. The molecule has 1 heterocycles. The van der Waals surface area contributed by atoms with Gasteiger partial charge in [-0.15, -0.1) is 0 Å². The van der Waals surface area contributed by atoms with E-state index in [0.29, 0.717) is 0 Å². The van der Waals surface area contributed by atoms with Crippen molar-refractivity contribution in [3.63, 3.8) is 0 Å². The van der Waals surface area contributed by atoms with Gasteiger partial charge in [-0.3, -0.25) is 9.13 Å². The number of aryl methyl sites for hydroxylation is 3. The highest BCUT2D eigenvalue weighted by Crippen LogP contribution is 2.23. The number of hydrogen-bond acceptors (Lipinski definition) is 2. The smallest absolute Gasteiger partial charge is 0.320 e. The molecule has 0 bridgehead atoms. The van der Waals surface area contributed by atoms with Crippen LogP contribution in [0.3, 0.4) is 0 Å². The molecule has 4 heteroatoms. The van der Waals surface area contributed by atoms with E-state index in [1.165, 1.54) is 5.56 Å². The maximum Gasteiger partial charge on any atom is 0.328 e. The Morgan fingerprint density at radius 3 is 2.14 bits per heavy atom. The van der Waals surface area contributed by atoms with Crippen LogP contribution in [0.4, 0.5) is 0 Å². The first-order valence-electron chi connectivity index (χ1n) is 6.96. The molecular formula is C17H19N3O. The van der Waals surface area contributed by atoms with Gasteiger partial charge < -0.3 is 5.73 Å². The molecule has 3 aromatic rings. The molecule has 2 aromatic carbocycles. The lowest BCUT2D eigenvalue weighted by molar-refractivity contribution is 0.795. The molecule has 1 aromatic heterocycles. The average Bonchev–Trinajstić information content (AvgIpc) is 2.72. The Bertz CT molecular complexity index is 856. The zero-order valence-electron chi connectivity index (χ0n) is 12.5. The van der Waals surface area contributed by atoms with Crippen LogP contribution in [0.1, 0.15) is 22.7 Å². The average molecular weight is 281 g/mol. The number of fused-ring (bicyclic) bond motifs is 1. The molecule has 0 spiro atoms. The quantitative estimate of drug-likeness (QED) is 0.783. The molecule has 1 atom stereocenters. The molecule has 4 nitrogen and oxygen atoms in total. The van der Waals surface area contributed by atoms with E-state index in [0.717, 1.165) is 22.2 Å². The summed E-state index contributed by atoms with van der Waals surface area (Å²) >= 11 is 0. The highest BCUT2D eigenvalue weighted by atomic mass is 16.1. The van der Waals surface area contributed by atoms with Crippen molar-refractivity contribution in [3.05, 3.63) is 69.6 Å². The topological polar surface area (TPSA) is 52.9 Å². The molecule has 0 saturated carbocycles. The third-order valence-corrected chi connectivity index (χ3v) is 4.09. The van der Waals surface area contributed by atoms with Crippen LogP contribution >= 0.6 is 0 Å². The van der Waals surface area contributed by atoms with Gasteiger partial charge in [0.1, 0.15) is 0 Å². The van der Waals surface area contributed by atoms with Gasteiger partial charge in [0.15, 0.2) is 0 Å². The van der Waals surface area contributed by atoms with Gasteiger partial charge in [0.05, 0.1) is 17.1 Å². The number of aromatic nitrogens is 2. The van der Waals surface area contributed by atoms with Crippen molar-refractivity contribution in [1.29, 1.82) is 0 Å². The highest BCUT2D eigenvalue weighted by Gasteiger charge is 2.13. The standard InChI is InChI=1S/C17H19N3O/c1-11-4-6-12(7-5-11)16(18)13-8-9-14-15(10-13)20(3)17(21)19(14)2/h4-10,16H,18H2,1-3H3. The van der Waals surface area contributed by atoms with Crippen LogP contribution in [-0.4, -0.2) is 9.13 Å². The second-order valence-corrected chi connectivity index (χ2v) is 5.54. The maximum absolute atomic E-state index is 12.0.